The molecule has 0 aliphatic rings. The van der Waals surface area contributed by atoms with E-state index in [1.807, 2.05) is 11.4 Å². The third-order valence-corrected chi connectivity index (χ3v) is 4.36. The molecule has 0 aliphatic heterocycles. The lowest BCUT2D eigenvalue weighted by atomic mass is 10.1. The molecule has 0 amide bonds. The molecule has 2 heterocycles. The summed E-state index contributed by atoms with van der Waals surface area (Å²) in [6.45, 7) is 2.81. The monoisotopic (exact) mass is 376 g/mol. The van der Waals surface area contributed by atoms with Crippen LogP contribution in [0.4, 0.5) is 0 Å². The van der Waals surface area contributed by atoms with E-state index >= 15 is 0 Å². The highest BCUT2D eigenvalue weighted by molar-refractivity contribution is 9.11. The zero-order valence-electron chi connectivity index (χ0n) is 9.11. The number of hydrogen-bond acceptors (Lipinski definition) is 3. The van der Waals surface area contributed by atoms with Gasteiger partial charge in [-0.25, -0.2) is 0 Å². The van der Waals surface area contributed by atoms with Gasteiger partial charge in [0.1, 0.15) is 5.69 Å². The molecular formula is C11H10Br2N2OS. The smallest absolute Gasteiger partial charge is 0.213 e. The number of nitrogens with zero attached hydrogens (tertiary/aromatic N) is 2. The zero-order valence-corrected chi connectivity index (χ0v) is 13.1. The third kappa shape index (κ3) is 2.69. The van der Waals surface area contributed by atoms with E-state index in [0.29, 0.717) is 11.3 Å². The predicted octanol–water partition coefficient (Wildman–Crippen LogP) is 4.11. The van der Waals surface area contributed by atoms with Crippen molar-refractivity contribution in [1.29, 1.82) is 0 Å². The van der Waals surface area contributed by atoms with Gasteiger partial charge in [-0.15, -0.1) is 11.3 Å². The standard InChI is InChI=1S/C11H10Br2N2OS/c1-2-3-15-10(8(12)5-14-15)11(16)7-4-9(13)17-6-7/h4-6H,2-3H2,1H3. The molecule has 0 aromatic carbocycles. The predicted molar refractivity (Wildman–Crippen MR) is 75.7 cm³/mol. The van der Waals surface area contributed by atoms with Crippen molar-refractivity contribution in [3.63, 3.8) is 0 Å². The number of carbonyl (C=O) groups is 1. The van der Waals surface area contributed by atoms with Gasteiger partial charge in [-0.1, -0.05) is 6.92 Å². The minimum absolute atomic E-state index is 0.00442. The van der Waals surface area contributed by atoms with E-state index in [-0.39, 0.29) is 5.78 Å². The van der Waals surface area contributed by atoms with Crippen molar-refractivity contribution < 1.29 is 4.79 Å². The summed E-state index contributed by atoms with van der Waals surface area (Å²) < 4.78 is 3.45. The van der Waals surface area contributed by atoms with Crippen molar-refractivity contribution in [2.24, 2.45) is 0 Å². The molecule has 0 aliphatic carbocycles. The first-order valence-corrected chi connectivity index (χ1v) is 7.60. The summed E-state index contributed by atoms with van der Waals surface area (Å²) in [4.78, 5) is 12.3. The second kappa shape index (κ2) is 5.46. The molecule has 0 fully saturated rings. The Bertz CT molecular complexity index is 547. The fourth-order valence-corrected chi connectivity index (χ4v) is 3.15. The Morgan fingerprint density at radius 1 is 1.53 bits per heavy atom. The van der Waals surface area contributed by atoms with E-state index in [2.05, 4.69) is 43.9 Å². The van der Waals surface area contributed by atoms with Crippen LogP contribution in [0.1, 0.15) is 29.4 Å². The maximum absolute atomic E-state index is 12.3. The van der Waals surface area contributed by atoms with E-state index in [4.69, 9.17) is 0 Å². The molecule has 0 atom stereocenters. The summed E-state index contributed by atoms with van der Waals surface area (Å²) in [6, 6.07) is 1.84. The van der Waals surface area contributed by atoms with Crippen LogP contribution in [0.2, 0.25) is 0 Å². The highest BCUT2D eigenvalue weighted by Crippen LogP contribution is 2.25. The van der Waals surface area contributed by atoms with Crippen molar-refractivity contribution >= 4 is 49.0 Å². The van der Waals surface area contributed by atoms with Crippen LogP contribution in [-0.4, -0.2) is 15.6 Å². The van der Waals surface area contributed by atoms with Gasteiger partial charge in [0, 0.05) is 17.5 Å². The summed E-state index contributed by atoms with van der Waals surface area (Å²) >= 11 is 8.25. The van der Waals surface area contributed by atoms with Gasteiger partial charge in [-0.05, 0) is 44.3 Å². The molecule has 0 N–H and O–H groups in total. The molecular weight excluding hydrogens is 368 g/mol. The molecule has 2 rings (SSSR count). The summed E-state index contributed by atoms with van der Waals surface area (Å²) in [6.07, 6.45) is 2.62. The second-order valence-electron chi connectivity index (χ2n) is 3.53. The highest BCUT2D eigenvalue weighted by atomic mass is 79.9. The normalized spacial score (nSPS) is 10.8. The fraction of sp³-hybridized carbons (Fsp3) is 0.273. The first kappa shape index (κ1) is 13.0. The van der Waals surface area contributed by atoms with Crippen LogP contribution < -0.4 is 0 Å². The van der Waals surface area contributed by atoms with Gasteiger partial charge in [0.15, 0.2) is 0 Å². The minimum atomic E-state index is 0.00442. The quantitative estimate of drug-likeness (QED) is 0.751. The lowest BCUT2D eigenvalue weighted by Gasteiger charge is -2.04. The summed E-state index contributed by atoms with van der Waals surface area (Å²) in [5.41, 5.74) is 1.32. The number of aryl methyl sites for hydroxylation is 1. The molecule has 6 heteroatoms. The van der Waals surface area contributed by atoms with Crippen molar-refractivity contribution in [2.45, 2.75) is 19.9 Å². The van der Waals surface area contributed by atoms with Crippen LogP contribution in [0.15, 0.2) is 25.9 Å². The van der Waals surface area contributed by atoms with Crippen LogP contribution in [0.5, 0.6) is 0 Å². The lowest BCUT2D eigenvalue weighted by Crippen LogP contribution is -2.11. The topological polar surface area (TPSA) is 34.9 Å². The molecule has 2 aromatic heterocycles. The van der Waals surface area contributed by atoms with Crippen LogP contribution in [0, 0.1) is 0 Å². The second-order valence-corrected chi connectivity index (χ2v) is 6.68. The van der Waals surface area contributed by atoms with Gasteiger partial charge < -0.3 is 0 Å². The van der Waals surface area contributed by atoms with Crippen molar-refractivity contribution in [1.82, 2.24) is 9.78 Å². The summed E-state index contributed by atoms with van der Waals surface area (Å²) in [5, 5.41) is 6.05. The first-order chi connectivity index (χ1) is 8.13. The Morgan fingerprint density at radius 3 is 2.88 bits per heavy atom. The van der Waals surface area contributed by atoms with Crippen molar-refractivity contribution in [2.75, 3.05) is 0 Å². The Hall–Kier alpha value is -0.460. The summed E-state index contributed by atoms with van der Waals surface area (Å²) in [5.74, 6) is 0.00442. The number of thiophene rings is 1. The molecule has 0 saturated carbocycles. The van der Waals surface area contributed by atoms with Gasteiger partial charge in [0.05, 0.1) is 14.5 Å². The Balaban J connectivity index is 2.39. The Morgan fingerprint density at radius 2 is 2.29 bits per heavy atom. The minimum Gasteiger partial charge on any atom is -0.287 e. The molecule has 0 bridgehead atoms. The third-order valence-electron chi connectivity index (χ3n) is 2.27. The maximum Gasteiger partial charge on any atom is 0.213 e. The van der Waals surface area contributed by atoms with Crippen LogP contribution in [0.3, 0.4) is 0 Å². The van der Waals surface area contributed by atoms with E-state index in [1.165, 1.54) is 11.3 Å². The summed E-state index contributed by atoms with van der Waals surface area (Å²) in [7, 11) is 0. The molecule has 0 saturated heterocycles. The average Bonchev–Trinajstić information content (AvgIpc) is 2.86. The highest BCUT2D eigenvalue weighted by Gasteiger charge is 2.19. The molecule has 90 valence electrons. The number of rotatable bonds is 4. The fourth-order valence-electron chi connectivity index (χ4n) is 1.54. The Labute approximate surface area is 120 Å². The molecule has 0 spiro atoms. The number of aromatic nitrogens is 2. The molecule has 0 radical (unpaired) electrons. The van der Waals surface area contributed by atoms with Crippen molar-refractivity contribution in [3.05, 3.63) is 37.2 Å². The van der Waals surface area contributed by atoms with E-state index < -0.39 is 0 Å². The average molecular weight is 378 g/mol. The SMILES string of the molecule is CCCn1ncc(Br)c1C(=O)c1csc(Br)c1. The molecule has 0 unspecified atom stereocenters. The van der Waals surface area contributed by atoms with E-state index in [0.717, 1.165) is 21.2 Å². The first-order valence-electron chi connectivity index (χ1n) is 5.13. The lowest BCUT2D eigenvalue weighted by molar-refractivity contribution is 0.102. The molecule has 2 aromatic rings. The number of carbonyl (C=O) groups excluding carboxylic acids is 1. The number of ketones is 1. The number of halogens is 2. The van der Waals surface area contributed by atoms with Crippen LogP contribution in [-0.2, 0) is 6.54 Å². The zero-order chi connectivity index (χ0) is 12.4. The van der Waals surface area contributed by atoms with Gasteiger partial charge in [-0.2, -0.15) is 5.10 Å². The van der Waals surface area contributed by atoms with Gasteiger partial charge >= 0.3 is 0 Å². The molecule has 17 heavy (non-hydrogen) atoms. The van der Waals surface area contributed by atoms with Gasteiger partial charge in [0.2, 0.25) is 5.78 Å². The number of hydrogen-bond donors (Lipinski definition) is 0. The van der Waals surface area contributed by atoms with Gasteiger partial charge in [-0.3, -0.25) is 9.48 Å². The van der Waals surface area contributed by atoms with Gasteiger partial charge in [0.25, 0.3) is 0 Å². The molecule has 3 nitrogen and oxygen atoms in total. The van der Waals surface area contributed by atoms with Crippen molar-refractivity contribution in [3.8, 4) is 0 Å². The van der Waals surface area contributed by atoms with Crippen LogP contribution in [0.25, 0.3) is 0 Å². The van der Waals surface area contributed by atoms with E-state index in [9.17, 15) is 4.79 Å². The van der Waals surface area contributed by atoms with E-state index in [1.54, 1.807) is 10.9 Å². The van der Waals surface area contributed by atoms with Crippen LogP contribution >= 0.6 is 43.2 Å². The Kier molecular flexibility index (Phi) is 4.17. The maximum atomic E-state index is 12.3. The largest absolute Gasteiger partial charge is 0.287 e.